The normalized spacial score (nSPS) is 13.0. The Morgan fingerprint density at radius 3 is 2.08 bits per heavy atom. The molecule has 0 unspecified atom stereocenters. The van der Waals surface area contributed by atoms with Crippen molar-refractivity contribution < 1.29 is 5.11 Å². The molecule has 0 bridgehead atoms. The lowest BCUT2D eigenvalue weighted by atomic mass is 10.1. The number of aliphatic hydroxyl groups excluding tert-OH is 1. The van der Waals surface area contributed by atoms with Crippen LogP contribution in [0.3, 0.4) is 0 Å². The van der Waals surface area contributed by atoms with E-state index in [1.165, 1.54) is 3.57 Å². The summed E-state index contributed by atoms with van der Waals surface area (Å²) in [4.78, 5) is 0. The second-order valence-corrected chi connectivity index (χ2v) is 5.95. The van der Waals surface area contributed by atoms with Gasteiger partial charge < -0.3 is 10.8 Å². The van der Waals surface area contributed by atoms with Gasteiger partial charge in [0, 0.05) is 17.3 Å². The van der Waals surface area contributed by atoms with Crippen molar-refractivity contribution in [2.75, 3.05) is 6.54 Å². The Labute approximate surface area is 118 Å². The summed E-state index contributed by atoms with van der Waals surface area (Å²) in [5.41, 5.74) is 6.29. The van der Waals surface area contributed by atoms with Crippen LogP contribution in [0.2, 0.25) is 0 Å². The first-order valence-electron chi connectivity index (χ1n) is 3.59. The highest BCUT2D eigenvalue weighted by Crippen LogP contribution is 2.25. The number of rotatable bonds is 2. The summed E-state index contributed by atoms with van der Waals surface area (Å²) >= 11 is 6.82. The summed E-state index contributed by atoms with van der Waals surface area (Å²) in [6.45, 7) is 0.271. The lowest BCUT2D eigenvalue weighted by molar-refractivity contribution is 0.186. The molecule has 0 saturated heterocycles. The minimum absolute atomic E-state index is 0.271. The summed E-state index contributed by atoms with van der Waals surface area (Å²) in [6, 6.07) is 3.95. The molecule has 0 amide bonds. The zero-order valence-electron chi connectivity index (χ0n) is 6.60. The molecule has 3 N–H and O–H groups in total. The number of benzene rings is 1. The van der Waals surface area contributed by atoms with Crippen molar-refractivity contribution in [3.05, 3.63) is 28.4 Å². The highest BCUT2D eigenvalue weighted by Gasteiger charge is 2.09. The first-order valence-corrected chi connectivity index (χ1v) is 6.82. The maximum atomic E-state index is 9.53. The Morgan fingerprint density at radius 1 is 1.23 bits per heavy atom. The Hall–Kier alpha value is 1.33. The Balaban J connectivity index is 3.13. The van der Waals surface area contributed by atoms with E-state index in [0.29, 0.717) is 0 Å². The minimum atomic E-state index is -0.543. The smallest absolute Gasteiger partial charge is 0.0912 e. The van der Waals surface area contributed by atoms with Gasteiger partial charge in [0.2, 0.25) is 0 Å². The van der Waals surface area contributed by atoms with E-state index in [1.54, 1.807) is 0 Å². The molecule has 0 aliphatic heterocycles. The third kappa shape index (κ3) is 3.14. The van der Waals surface area contributed by atoms with Crippen LogP contribution in [0, 0.1) is 10.7 Å². The van der Waals surface area contributed by atoms with Crippen molar-refractivity contribution in [1.82, 2.24) is 0 Å². The predicted octanol–water partition coefficient (Wildman–Crippen LogP) is 2.49. The van der Waals surface area contributed by atoms with E-state index in [-0.39, 0.29) is 6.54 Å². The van der Waals surface area contributed by atoms with Crippen LogP contribution >= 0.6 is 67.8 Å². The zero-order chi connectivity index (χ0) is 10.0. The molecule has 0 radical (unpaired) electrons. The van der Waals surface area contributed by atoms with Gasteiger partial charge in [-0.25, -0.2) is 0 Å². The van der Waals surface area contributed by atoms with E-state index in [4.69, 9.17) is 5.73 Å². The maximum absolute atomic E-state index is 9.53. The molecule has 0 heterocycles. The topological polar surface area (TPSA) is 46.2 Å². The van der Waals surface area contributed by atoms with Gasteiger partial charge in [-0.05, 0) is 85.5 Å². The standard InChI is InChI=1S/C8H8I3NO/c9-5-1-4(7(13)3-12)2-6(10)8(5)11/h1-2,7,13H,3,12H2/t7-/m0/s1. The van der Waals surface area contributed by atoms with Crippen LogP contribution in [0.25, 0.3) is 0 Å². The highest BCUT2D eigenvalue weighted by molar-refractivity contribution is 14.1. The number of halogens is 3. The van der Waals surface area contributed by atoms with Gasteiger partial charge >= 0.3 is 0 Å². The lowest BCUT2D eigenvalue weighted by Crippen LogP contribution is -2.12. The molecule has 13 heavy (non-hydrogen) atoms. The van der Waals surface area contributed by atoms with Crippen LogP contribution in [0.4, 0.5) is 0 Å². The van der Waals surface area contributed by atoms with E-state index >= 15 is 0 Å². The predicted molar refractivity (Wildman–Crippen MR) is 78.6 cm³/mol. The van der Waals surface area contributed by atoms with Crippen molar-refractivity contribution in [3.8, 4) is 0 Å². The largest absolute Gasteiger partial charge is 0.387 e. The average Bonchev–Trinajstić information content (AvgIpc) is 2.12. The van der Waals surface area contributed by atoms with Crippen LogP contribution in [-0.2, 0) is 0 Å². The molecule has 1 rings (SSSR count). The molecule has 1 aromatic carbocycles. The number of aliphatic hydroxyl groups is 1. The van der Waals surface area contributed by atoms with E-state index < -0.39 is 6.10 Å². The van der Waals surface area contributed by atoms with Crippen LogP contribution in [0.15, 0.2) is 12.1 Å². The summed E-state index contributed by atoms with van der Waals surface area (Å²) in [5.74, 6) is 0. The number of hydrogen-bond acceptors (Lipinski definition) is 2. The zero-order valence-corrected chi connectivity index (χ0v) is 13.1. The summed E-state index contributed by atoms with van der Waals surface area (Å²) in [7, 11) is 0. The fourth-order valence-electron chi connectivity index (χ4n) is 0.904. The van der Waals surface area contributed by atoms with Gasteiger partial charge in [-0.2, -0.15) is 0 Å². The molecule has 0 aliphatic carbocycles. The van der Waals surface area contributed by atoms with Crippen molar-refractivity contribution in [2.45, 2.75) is 6.10 Å². The summed E-state index contributed by atoms with van der Waals surface area (Å²) < 4.78 is 3.55. The minimum Gasteiger partial charge on any atom is -0.387 e. The molecule has 2 nitrogen and oxygen atoms in total. The van der Waals surface area contributed by atoms with E-state index in [9.17, 15) is 5.11 Å². The van der Waals surface area contributed by atoms with Crippen LogP contribution in [-0.4, -0.2) is 11.7 Å². The fraction of sp³-hybridized carbons (Fsp3) is 0.250. The van der Waals surface area contributed by atoms with Gasteiger partial charge in [-0.15, -0.1) is 0 Å². The first-order chi connectivity index (χ1) is 6.06. The molecular weight excluding hydrogens is 507 g/mol. The molecule has 1 aromatic rings. The van der Waals surface area contributed by atoms with Gasteiger partial charge in [0.1, 0.15) is 0 Å². The van der Waals surface area contributed by atoms with Crippen molar-refractivity contribution >= 4 is 67.8 Å². The summed E-state index contributed by atoms with van der Waals surface area (Å²) in [5, 5.41) is 9.53. The van der Waals surface area contributed by atoms with Gasteiger partial charge in [0.05, 0.1) is 6.10 Å². The number of hydrogen-bond donors (Lipinski definition) is 2. The second kappa shape index (κ2) is 5.42. The molecule has 0 fully saturated rings. The van der Waals surface area contributed by atoms with Crippen molar-refractivity contribution in [3.63, 3.8) is 0 Å². The molecule has 1 atom stereocenters. The van der Waals surface area contributed by atoms with E-state index in [2.05, 4.69) is 67.8 Å². The van der Waals surface area contributed by atoms with Gasteiger partial charge in [-0.1, -0.05) is 0 Å². The fourth-order valence-corrected chi connectivity index (χ4v) is 3.03. The van der Waals surface area contributed by atoms with Crippen molar-refractivity contribution in [1.29, 1.82) is 0 Å². The Bertz CT molecular complexity index is 293. The third-order valence-corrected chi connectivity index (χ3v) is 6.54. The van der Waals surface area contributed by atoms with Crippen LogP contribution < -0.4 is 5.73 Å². The monoisotopic (exact) mass is 515 g/mol. The SMILES string of the molecule is NC[C@H](O)c1cc(I)c(I)c(I)c1. The molecule has 0 aromatic heterocycles. The Kier molecular flexibility index (Phi) is 5.17. The molecule has 0 spiro atoms. The quantitative estimate of drug-likeness (QED) is 0.471. The van der Waals surface area contributed by atoms with E-state index in [1.807, 2.05) is 12.1 Å². The van der Waals surface area contributed by atoms with Crippen LogP contribution in [0.1, 0.15) is 11.7 Å². The third-order valence-electron chi connectivity index (χ3n) is 1.61. The van der Waals surface area contributed by atoms with Gasteiger partial charge in [0.15, 0.2) is 0 Å². The molecule has 0 aliphatic rings. The number of nitrogens with two attached hydrogens (primary N) is 1. The van der Waals surface area contributed by atoms with E-state index in [0.717, 1.165) is 12.7 Å². The first kappa shape index (κ1) is 12.4. The molecular formula is C8H8I3NO. The van der Waals surface area contributed by atoms with Crippen LogP contribution in [0.5, 0.6) is 0 Å². The van der Waals surface area contributed by atoms with Crippen molar-refractivity contribution in [2.24, 2.45) is 5.73 Å². The van der Waals surface area contributed by atoms with Gasteiger partial charge in [0.25, 0.3) is 0 Å². The Morgan fingerprint density at radius 2 is 1.69 bits per heavy atom. The highest BCUT2D eigenvalue weighted by atomic mass is 127. The summed E-state index contributed by atoms with van der Waals surface area (Å²) in [6.07, 6.45) is -0.543. The van der Waals surface area contributed by atoms with Gasteiger partial charge in [-0.3, -0.25) is 0 Å². The second-order valence-electron chi connectivity index (χ2n) is 2.55. The average molecular weight is 515 g/mol. The lowest BCUT2D eigenvalue weighted by Gasteiger charge is -2.10. The maximum Gasteiger partial charge on any atom is 0.0912 e. The molecule has 0 saturated carbocycles. The molecule has 72 valence electrons. The molecule has 5 heteroatoms.